The van der Waals surface area contributed by atoms with E-state index in [-0.39, 0.29) is 11.3 Å². The van der Waals surface area contributed by atoms with Crippen molar-refractivity contribution < 1.29 is 24.2 Å². The number of nitrogens with one attached hydrogen (secondary N) is 1. The van der Waals surface area contributed by atoms with Crippen molar-refractivity contribution in [1.29, 1.82) is 0 Å². The zero-order chi connectivity index (χ0) is 24.1. The number of hydrogen-bond acceptors (Lipinski definition) is 5. The van der Waals surface area contributed by atoms with Gasteiger partial charge >= 0.3 is 0 Å². The number of carbonyl (C=O) groups is 2. The summed E-state index contributed by atoms with van der Waals surface area (Å²) >= 11 is 6.18. The van der Waals surface area contributed by atoms with E-state index in [1.54, 1.807) is 40.2 Å². The molecule has 3 aromatic carbocycles. The fraction of sp³-hybridized carbons (Fsp3) is 0.231. The lowest BCUT2D eigenvalue weighted by molar-refractivity contribution is -0.112. The van der Waals surface area contributed by atoms with Gasteiger partial charge in [-0.15, -0.1) is 0 Å². The molecule has 3 rings (SSSR count). The van der Waals surface area contributed by atoms with Crippen LogP contribution < -0.4 is 14.8 Å². The van der Waals surface area contributed by atoms with Gasteiger partial charge in [-0.05, 0) is 79.3 Å². The Bertz CT molecular complexity index is 1190. The second-order valence-electron chi connectivity index (χ2n) is 7.70. The highest BCUT2D eigenvalue weighted by molar-refractivity contribution is 6.48. The Balaban J connectivity index is 1.64. The molecule has 0 atom stereocenters. The molecule has 0 saturated carbocycles. The van der Waals surface area contributed by atoms with Crippen LogP contribution in [-0.2, 0) is 17.6 Å². The van der Waals surface area contributed by atoms with Crippen LogP contribution in [0.4, 0.5) is 5.69 Å². The minimum absolute atomic E-state index is 0.0883. The number of benzene rings is 3. The summed E-state index contributed by atoms with van der Waals surface area (Å²) in [6, 6.07) is 14.5. The maximum atomic E-state index is 12.6. The number of aromatic hydroxyl groups is 1. The Labute approximate surface area is 198 Å². The zero-order valence-electron chi connectivity index (χ0n) is 19.0. The number of phenols is 1. The van der Waals surface area contributed by atoms with E-state index in [1.165, 1.54) is 6.07 Å². The van der Waals surface area contributed by atoms with Crippen LogP contribution in [0.15, 0.2) is 48.5 Å². The van der Waals surface area contributed by atoms with Crippen LogP contribution in [0.2, 0.25) is 5.02 Å². The van der Waals surface area contributed by atoms with Gasteiger partial charge in [-0.25, -0.2) is 0 Å². The zero-order valence-corrected chi connectivity index (χ0v) is 19.7. The van der Waals surface area contributed by atoms with Gasteiger partial charge in [0.25, 0.3) is 11.7 Å². The Hall–Kier alpha value is -3.51. The number of rotatable bonds is 8. The molecule has 172 valence electrons. The standard InChI is InChI=1S/C26H26ClNO5/c1-15-13-20(29)23(16(2)24(15)27)25(30)26(31)28-19-10-7-17(8-11-19)5-6-18-9-12-21(32-3)22(14-18)33-4/h7-14,29H,5-6H2,1-4H3,(H,28,31). The number of phenolic OH excluding ortho intramolecular Hbond substituents is 1. The van der Waals surface area contributed by atoms with E-state index >= 15 is 0 Å². The molecule has 0 aliphatic heterocycles. The number of methoxy groups -OCH3 is 2. The molecule has 0 saturated heterocycles. The van der Waals surface area contributed by atoms with Gasteiger partial charge in [-0.2, -0.15) is 0 Å². The number of carbonyl (C=O) groups excluding carboxylic acids is 2. The van der Waals surface area contributed by atoms with Crippen molar-refractivity contribution >= 4 is 29.0 Å². The number of amides is 1. The fourth-order valence-corrected chi connectivity index (χ4v) is 3.75. The molecule has 2 N–H and O–H groups in total. The molecule has 0 heterocycles. The molecule has 0 aromatic heterocycles. The molecule has 0 aliphatic carbocycles. The lowest BCUT2D eigenvalue weighted by Gasteiger charge is -2.12. The van der Waals surface area contributed by atoms with E-state index in [2.05, 4.69) is 5.32 Å². The summed E-state index contributed by atoms with van der Waals surface area (Å²) in [6.07, 6.45) is 1.59. The van der Waals surface area contributed by atoms with Crippen LogP contribution in [0.1, 0.15) is 32.6 Å². The van der Waals surface area contributed by atoms with E-state index in [9.17, 15) is 14.7 Å². The predicted molar refractivity (Wildman–Crippen MR) is 129 cm³/mol. The first-order valence-corrected chi connectivity index (χ1v) is 10.8. The number of aryl methyl sites for hydroxylation is 3. The lowest BCUT2D eigenvalue weighted by atomic mass is 10.00. The minimum atomic E-state index is -0.843. The summed E-state index contributed by atoms with van der Waals surface area (Å²) in [7, 11) is 3.21. The SMILES string of the molecule is COc1ccc(CCc2ccc(NC(=O)C(=O)c3c(O)cc(C)c(Cl)c3C)cc2)cc1OC. The van der Waals surface area contributed by atoms with Crippen molar-refractivity contribution in [3.8, 4) is 17.2 Å². The largest absolute Gasteiger partial charge is 0.507 e. The summed E-state index contributed by atoms with van der Waals surface area (Å²) in [5.41, 5.74) is 3.59. The molecule has 6 nitrogen and oxygen atoms in total. The summed E-state index contributed by atoms with van der Waals surface area (Å²) in [5.74, 6) is -0.572. The van der Waals surface area contributed by atoms with Gasteiger partial charge in [0.2, 0.25) is 0 Å². The first-order valence-electron chi connectivity index (χ1n) is 10.4. The molecule has 0 radical (unpaired) electrons. The van der Waals surface area contributed by atoms with Gasteiger partial charge in [0.15, 0.2) is 11.5 Å². The van der Waals surface area contributed by atoms with E-state index < -0.39 is 11.7 Å². The molecule has 0 aliphatic rings. The number of Topliss-reactive ketones (excluding diaryl/α,β-unsaturated/α-hetero) is 1. The molecule has 0 fully saturated rings. The molecule has 33 heavy (non-hydrogen) atoms. The molecule has 0 unspecified atom stereocenters. The minimum Gasteiger partial charge on any atom is -0.507 e. The Morgan fingerprint density at radius 1 is 0.909 bits per heavy atom. The van der Waals surface area contributed by atoms with Crippen LogP contribution in [0, 0.1) is 13.8 Å². The third-order valence-electron chi connectivity index (χ3n) is 5.46. The summed E-state index contributed by atoms with van der Waals surface area (Å²) < 4.78 is 10.6. The molecule has 7 heteroatoms. The molecule has 0 bridgehead atoms. The van der Waals surface area contributed by atoms with Gasteiger partial charge in [0.05, 0.1) is 19.8 Å². The monoisotopic (exact) mass is 467 g/mol. The van der Waals surface area contributed by atoms with Gasteiger partial charge in [-0.3, -0.25) is 9.59 Å². The van der Waals surface area contributed by atoms with Crippen molar-refractivity contribution in [2.75, 3.05) is 19.5 Å². The number of ketones is 1. The normalized spacial score (nSPS) is 10.6. The van der Waals surface area contributed by atoms with Crippen molar-refractivity contribution in [2.24, 2.45) is 0 Å². The lowest BCUT2D eigenvalue weighted by Crippen LogP contribution is -2.24. The second kappa shape index (κ2) is 10.4. The van der Waals surface area contributed by atoms with E-state index in [1.807, 2.05) is 30.3 Å². The number of ether oxygens (including phenoxy) is 2. The molecule has 0 spiro atoms. The second-order valence-corrected chi connectivity index (χ2v) is 8.07. The van der Waals surface area contributed by atoms with Gasteiger partial charge < -0.3 is 19.9 Å². The molecule has 3 aromatic rings. The van der Waals surface area contributed by atoms with Crippen LogP contribution in [0.5, 0.6) is 17.2 Å². The highest BCUT2D eigenvalue weighted by Crippen LogP contribution is 2.31. The highest BCUT2D eigenvalue weighted by atomic mass is 35.5. The van der Waals surface area contributed by atoms with Crippen molar-refractivity contribution in [2.45, 2.75) is 26.7 Å². The van der Waals surface area contributed by atoms with Gasteiger partial charge in [-0.1, -0.05) is 29.8 Å². The first-order chi connectivity index (χ1) is 15.7. The predicted octanol–water partition coefficient (Wildman–Crippen LogP) is 5.29. The quantitative estimate of drug-likeness (QED) is 0.347. The topological polar surface area (TPSA) is 84.9 Å². The molecular weight excluding hydrogens is 442 g/mol. The number of hydrogen-bond donors (Lipinski definition) is 2. The van der Waals surface area contributed by atoms with Crippen molar-refractivity contribution in [3.05, 3.63) is 81.4 Å². The third-order valence-corrected chi connectivity index (χ3v) is 6.04. The Morgan fingerprint density at radius 3 is 2.15 bits per heavy atom. The van der Waals surface area contributed by atoms with Crippen LogP contribution in [0.3, 0.4) is 0 Å². The molecular formula is C26H26ClNO5. The first kappa shape index (κ1) is 24.1. The summed E-state index contributed by atoms with van der Waals surface area (Å²) in [5, 5.41) is 13.1. The third kappa shape index (κ3) is 5.46. The summed E-state index contributed by atoms with van der Waals surface area (Å²) in [4.78, 5) is 25.1. The number of anilines is 1. The average Bonchev–Trinajstić information content (AvgIpc) is 2.81. The fourth-order valence-electron chi connectivity index (χ4n) is 3.61. The maximum absolute atomic E-state index is 12.6. The maximum Gasteiger partial charge on any atom is 0.296 e. The van der Waals surface area contributed by atoms with Crippen LogP contribution in [-0.4, -0.2) is 31.0 Å². The van der Waals surface area contributed by atoms with E-state index in [0.29, 0.717) is 33.3 Å². The Morgan fingerprint density at radius 2 is 1.52 bits per heavy atom. The Kier molecular flexibility index (Phi) is 7.61. The molecule has 1 amide bonds. The van der Waals surface area contributed by atoms with Gasteiger partial charge in [0.1, 0.15) is 5.75 Å². The van der Waals surface area contributed by atoms with Gasteiger partial charge in [0, 0.05) is 10.7 Å². The smallest absolute Gasteiger partial charge is 0.296 e. The average molecular weight is 468 g/mol. The van der Waals surface area contributed by atoms with Crippen LogP contribution in [0.25, 0.3) is 0 Å². The number of halogens is 1. The van der Waals surface area contributed by atoms with Crippen molar-refractivity contribution in [1.82, 2.24) is 0 Å². The van der Waals surface area contributed by atoms with E-state index in [0.717, 1.165) is 24.0 Å². The van der Waals surface area contributed by atoms with Crippen LogP contribution >= 0.6 is 11.6 Å². The summed E-state index contributed by atoms with van der Waals surface area (Å²) in [6.45, 7) is 3.32. The van der Waals surface area contributed by atoms with Crippen molar-refractivity contribution in [3.63, 3.8) is 0 Å². The highest BCUT2D eigenvalue weighted by Gasteiger charge is 2.24. The van der Waals surface area contributed by atoms with E-state index in [4.69, 9.17) is 21.1 Å².